The Morgan fingerprint density at radius 3 is 2.81 bits per heavy atom. The molecule has 0 N–H and O–H groups in total. The number of ether oxygens (including phenoxy) is 2. The van der Waals surface area contributed by atoms with Crippen LogP contribution in [0.3, 0.4) is 0 Å². The molecule has 0 aliphatic carbocycles. The Hall–Kier alpha value is -2.47. The fourth-order valence-corrected chi connectivity index (χ4v) is 2.34. The van der Waals surface area contributed by atoms with E-state index in [0.717, 1.165) is 16.7 Å². The van der Waals surface area contributed by atoms with Crippen LogP contribution in [0.15, 0.2) is 36.7 Å². The number of aryl methyl sites for hydroxylation is 1. The van der Waals surface area contributed by atoms with Crippen molar-refractivity contribution in [2.24, 2.45) is 0 Å². The van der Waals surface area contributed by atoms with Crippen LogP contribution < -0.4 is 9.30 Å². The number of nitro benzene ring substituents is 1. The van der Waals surface area contributed by atoms with Crippen LogP contribution in [0.1, 0.15) is 16.7 Å². The van der Waals surface area contributed by atoms with Gasteiger partial charge in [-0.05, 0) is 12.5 Å². The quantitative estimate of drug-likeness (QED) is 0.492. The Labute approximate surface area is 121 Å². The Bertz CT molecular complexity index is 683. The maximum absolute atomic E-state index is 11.1. The molecule has 0 atom stereocenters. The standard InChI is InChI=1S/C15H15N2O4/c1-11-2-4-16(5-3-11)8-12-6-14(17(18)19)7-13-9-20-10-21-15(12)13/h2-7H,8-10H2,1H3/q+1. The Kier molecular flexibility index (Phi) is 3.53. The van der Waals surface area contributed by atoms with Crippen molar-refractivity contribution >= 4 is 5.69 Å². The monoisotopic (exact) mass is 287 g/mol. The van der Waals surface area contributed by atoms with Gasteiger partial charge < -0.3 is 9.47 Å². The highest BCUT2D eigenvalue weighted by Crippen LogP contribution is 2.32. The Morgan fingerprint density at radius 2 is 2.10 bits per heavy atom. The van der Waals surface area contributed by atoms with Crippen LogP contribution in [0.2, 0.25) is 0 Å². The van der Waals surface area contributed by atoms with Gasteiger partial charge in [-0.25, -0.2) is 4.57 Å². The minimum atomic E-state index is -0.391. The Morgan fingerprint density at radius 1 is 1.33 bits per heavy atom. The number of aromatic nitrogens is 1. The van der Waals surface area contributed by atoms with Crippen LogP contribution in [-0.2, 0) is 17.9 Å². The van der Waals surface area contributed by atoms with Gasteiger partial charge in [-0.15, -0.1) is 0 Å². The molecule has 6 nitrogen and oxygen atoms in total. The predicted octanol–water partition coefficient (Wildman–Crippen LogP) is 2.11. The fourth-order valence-electron chi connectivity index (χ4n) is 2.34. The molecule has 1 aromatic heterocycles. The zero-order valence-corrected chi connectivity index (χ0v) is 11.6. The molecule has 1 aromatic carbocycles. The lowest BCUT2D eigenvalue weighted by molar-refractivity contribution is -0.688. The third-order valence-corrected chi connectivity index (χ3v) is 3.39. The third kappa shape index (κ3) is 2.85. The highest BCUT2D eigenvalue weighted by atomic mass is 16.7. The normalized spacial score (nSPS) is 13.4. The molecule has 1 aliphatic heterocycles. The zero-order valence-electron chi connectivity index (χ0n) is 11.6. The van der Waals surface area contributed by atoms with E-state index in [0.29, 0.717) is 18.9 Å². The molecule has 1 aliphatic rings. The summed E-state index contributed by atoms with van der Waals surface area (Å²) in [5.41, 5.74) is 2.73. The number of hydrogen-bond donors (Lipinski definition) is 0. The average molecular weight is 287 g/mol. The highest BCUT2D eigenvalue weighted by Gasteiger charge is 2.22. The number of hydrogen-bond acceptors (Lipinski definition) is 4. The number of pyridine rings is 1. The number of nitrogens with zero attached hydrogens (tertiary/aromatic N) is 2. The molecule has 0 fully saturated rings. The molecule has 0 bridgehead atoms. The van der Waals surface area contributed by atoms with Gasteiger partial charge in [0.25, 0.3) is 5.69 Å². The van der Waals surface area contributed by atoms with E-state index in [4.69, 9.17) is 9.47 Å². The van der Waals surface area contributed by atoms with Crippen molar-refractivity contribution in [3.05, 3.63) is 63.5 Å². The fraction of sp³-hybridized carbons (Fsp3) is 0.267. The number of non-ortho nitro benzene ring substituents is 1. The summed E-state index contributed by atoms with van der Waals surface area (Å²) in [7, 11) is 0. The van der Waals surface area contributed by atoms with Gasteiger partial charge in [0.2, 0.25) is 0 Å². The molecule has 0 saturated heterocycles. The summed E-state index contributed by atoms with van der Waals surface area (Å²) in [5.74, 6) is 0.694. The van der Waals surface area contributed by atoms with Crippen LogP contribution in [-0.4, -0.2) is 11.7 Å². The van der Waals surface area contributed by atoms with Crippen LogP contribution in [0.4, 0.5) is 5.69 Å². The second kappa shape index (κ2) is 5.49. The molecule has 21 heavy (non-hydrogen) atoms. The second-order valence-electron chi connectivity index (χ2n) is 5.01. The van der Waals surface area contributed by atoms with E-state index in [-0.39, 0.29) is 12.5 Å². The second-order valence-corrected chi connectivity index (χ2v) is 5.01. The van der Waals surface area contributed by atoms with E-state index in [1.165, 1.54) is 6.07 Å². The first-order valence-electron chi connectivity index (χ1n) is 6.60. The van der Waals surface area contributed by atoms with Gasteiger partial charge in [-0.3, -0.25) is 10.1 Å². The zero-order chi connectivity index (χ0) is 14.8. The maximum Gasteiger partial charge on any atom is 0.270 e. The number of nitro groups is 1. The van der Waals surface area contributed by atoms with Crippen molar-refractivity contribution in [1.29, 1.82) is 0 Å². The largest absolute Gasteiger partial charge is 0.467 e. The summed E-state index contributed by atoms with van der Waals surface area (Å²) >= 11 is 0. The van der Waals surface area contributed by atoms with Gasteiger partial charge in [0.1, 0.15) is 5.75 Å². The highest BCUT2D eigenvalue weighted by molar-refractivity contribution is 5.50. The molecule has 0 unspecified atom stereocenters. The lowest BCUT2D eigenvalue weighted by atomic mass is 10.1. The van der Waals surface area contributed by atoms with Gasteiger partial charge in [0.05, 0.1) is 17.1 Å². The van der Waals surface area contributed by atoms with E-state index in [2.05, 4.69) is 0 Å². The number of benzene rings is 1. The van der Waals surface area contributed by atoms with E-state index >= 15 is 0 Å². The van der Waals surface area contributed by atoms with E-state index in [1.54, 1.807) is 6.07 Å². The van der Waals surface area contributed by atoms with Crippen molar-refractivity contribution in [3.8, 4) is 5.75 Å². The van der Waals surface area contributed by atoms with Crippen LogP contribution in [0, 0.1) is 17.0 Å². The molecule has 0 spiro atoms. The third-order valence-electron chi connectivity index (χ3n) is 3.39. The molecule has 0 radical (unpaired) electrons. The molecular weight excluding hydrogens is 272 g/mol. The molecule has 3 rings (SSSR count). The van der Waals surface area contributed by atoms with Crippen molar-refractivity contribution < 1.29 is 19.0 Å². The summed E-state index contributed by atoms with van der Waals surface area (Å²) in [6, 6.07) is 7.07. The Balaban J connectivity index is 2.01. The minimum Gasteiger partial charge on any atom is -0.467 e. The molecule has 0 amide bonds. The van der Waals surface area contributed by atoms with Gasteiger partial charge in [0, 0.05) is 29.8 Å². The van der Waals surface area contributed by atoms with Gasteiger partial charge >= 0.3 is 0 Å². The lowest BCUT2D eigenvalue weighted by Crippen LogP contribution is -2.33. The molecule has 6 heteroatoms. The maximum atomic E-state index is 11.1. The molecule has 2 heterocycles. The van der Waals surface area contributed by atoms with Crippen LogP contribution >= 0.6 is 0 Å². The molecule has 2 aromatic rings. The van der Waals surface area contributed by atoms with Gasteiger partial charge in [-0.2, -0.15) is 0 Å². The first kappa shape index (κ1) is 13.5. The number of rotatable bonds is 3. The smallest absolute Gasteiger partial charge is 0.270 e. The summed E-state index contributed by atoms with van der Waals surface area (Å²) in [5, 5.41) is 11.1. The first-order valence-corrected chi connectivity index (χ1v) is 6.60. The number of fused-ring (bicyclic) bond motifs is 1. The van der Waals surface area contributed by atoms with Gasteiger partial charge in [-0.1, -0.05) is 0 Å². The predicted molar refractivity (Wildman–Crippen MR) is 73.9 cm³/mol. The summed E-state index contributed by atoms with van der Waals surface area (Å²) < 4.78 is 12.7. The summed E-state index contributed by atoms with van der Waals surface area (Å²) in [6.07, 6.45) is 3.89. The van der Waals surface area contributed by atoms with Crippen molar-refractivity contribution in [2.45, 2.75) is 20.1 Å². The first-order chi connectivity index (χ1) is 10.1. The van der Waals surface area contributed by atoms with Crippen molar-refractivity contribution in [1.82, 2.24) is 0 Å². The summed E-state index contributed by atoms with van der Waals surface area (Å²) in [4.78, 5) is 10.7. The average Bonchev–Trinajstić information content (AvgIpc) is 2.49. The lowest BCUT2D eigenvalue weighted by Gasteiger charge is -2.19. The van der Waals surface area contributed by atoms with E-state index in [9.17, 15) is 10.1 Å². The molecular formula is C15H15N2O4+. The summed E-state index contributed by atoms with van der Waals surface area (Å²) in [6.45, 7) is 3.04. The van der Waals surface area contributed by atoms with Crippen molar-refractivity contribution in [2.75, 3.05) is 6.79 Å². The molecule has 0 saturated carbocycles. The van der Waals surface area contributed by atoms with Crippen molar-refractivity contribution in [3.63, 3.8) is 0 Å². The topological polar surface area (TPSA) is 65.5 Å². The van der Waals surface area contributed by atoms with E-state index < -0.39 is 4.92 Å². The minimum absolute atomic E-state index is 0.0607. The van der Waals surface area contributed by atoms with E-state index in [1.807, 2.05) is 36.0 Å². The van der Waals surface area contributed by atoms with Gasteiger partial charge in [0.15, 0.2) is 25.7 Å². The van der Waals surface area contributed by atoms with Crippen LogP contribution in [0.25, 0.3) is 0 Å². The van der Waals surface area contributed by atoms with Crippen LogP contribution in [0.5, 0.6) is 5.75 Å². The molecule has 108 valence electrons. The SMILES string of the molecule is Cc1cc[n+](Cc2cc([N+](=O)[O-])cc3c2OCOC3)cc1.